The molecule has 2 N–H and O–H groups in total. The number of halogens is 3. The average molecular weight is 291 g/mol. The molecule has 0 saturated heterocycles. The Morgan fingerprint density at radius 3 is 2.58 bits per heavy atom. The first-order valence-corrected chi connectivity index (χ1v) is 6.23. The Morgan fingerprint density at radius 1 is 1.47 bits per heavy atom. The van der Waals surface area contributed by atoms with Crippen molar-refractivity contribution >= 4 is 17.2 Å². The quantitative estimate of drug-likeness (QED) is 0.817. The van der Waals surface area contributed by atoms with Gasteiger partial charge in [0.1, 0.15) is 5.92 Å². The Kier molecular flexibility index (Phi) is 5.68. The Labute approximate surface area is 115 Å². The van der Waals surface area contributed by atoms with Gasteiger partial charge in [-0.2, -0.15) is 13.2 Å². The maximum absolute atomic E-state index is 12.8. The summed E-state index contributed by atoms with van der Waals surface area (Å²) in [4.78, 5) is 5.20. The number of hydrogen-bond acceptors (Lipinski definition) is 3. The third-order valence-electron chi connectivity index (χ3n) is 2.74. The van der Waals surface area contributed by atoms with Gasteiger partial charge in [0.15, 0.2) is 0 Å². The van der Waals surface area contributed by atoms with Crippen LogP contribution in [-0.4, -0.2) is 34.1 Å². The lowest BCUT2D eigenvalue weighted by atomic mass is 10.1. The summed E-state index contributed by atoms with van der Waals surface area (Å²) in [6, 6.07) is 5.32. The highest BCUT2D eigenvalue weighted by molar-refractivity contribution is 7.80. The molecule has 0 fully saturated rings. The fraction of sp³-hybridized carbons (Fsp3) is 0.500. The van der Waals surface area contributed by atoms with Crippen LogP contribution in [0, 0.1) is 5.92 Å². The molecule has 0 aliphatic carbocycles. The molecule has 0 radical (unpaired) electrons. The zero-order valence-corrected chi connectivity index (χ0v) is 11.3. The van der Waals surface area contributed by atoms with Crippen LogP contribution in [0.5, 0.6) is 0 Å². The van der Waals surface area contributed by atoms with Crippen LogP contribution in [0.25, 0.3) is 0 Å². The van der Waals surface area contributed by atoms with Crippen LogP contribution in [0.2, 0.25) is 0 Å². The molecule has 106 valence electrons. The highest BCUT2D eigenvalue weighted by Crippen LogP contribution is 2.27. The molecular formula is C12H16F3N3S. The van der Waals surface area contributed by atoms with E-state index in [4.69, 9.17) is 5.73 Å². The molecular weight excluding hydrogens is 275 g/mol. The molecule has 1 atom stereocenters. The summed E-state index contributed by atoms with van der Waals surface area (Å²) in [5.41, 5.74) is 5.90. The minimum atomic E-state index is -4.41. The van der Waals surface area contributed by atoms with Gasteiger partial charge in [0.25, 0.3) is 0 Å². The van der Waals surface area contributed by atoms with Gasteiger partial charge in [-0.15, -0.1) is 0 Å². The summed E-state index contributed by atoms with van der Waals surface area (Å²) in [6.07, 6.45) is -2.80. The second kappa shape index (κ2) is 6.81. The average Bonchev–Trinajstić information content (AvgIpc) is 2.33. The Hall–Kier alpha value is -1.21. The molecule has 0 aliphatic heterocycles. The van der Waals surface area contributed by atoms with E-state index in [1.54, 1.807) is 36.2 Å². The molecule has 1 aromatic heterocycles. The lowest BCUT2D eigenvalue weighted by Crippen LogP contribution is -2.43. The van der Waals surface area contributed by atoms with E-state index in [0.29, 0.717) is 18.8 Å². The summed E-state index contributed by atoms with van der Waals surface area (Å²) in [5, 5.41) is 0. The van der Waals surface area contributed by atoms with E-state index in [9.17, 15) is 13.2 Å². The highest BCUT2D eigenvalue weighted by atomic mass is 32.1. The minimum Gasteiger partial charge on any atom is -0.393 e. The van der Waals surface area contributed by atoms with E-state index in [0.717, 1.165) is 0 Å². The summed E-state index contributed by atoms with van der Waals surface area (Å²) < 4.78 is 38.4. The van der Waals surface area contributed by atoms with Crippen molar-refractivity contribution in [3.05, 3.63) is 30.1 Å². The van der Waals surface area contributed by atoms with Gasteiger partial charge in [0.05, 0.1) is 10.7 Å². The molecule has 0 aromatic carbocycles. The van der Waals surface area contributed by atoms with Crippen molar-refractivity contribution in [1.82, 2.24) is 9.88 Å². The van der Waals surface area contributed by atoms with E-state index in [-0.39, 0.29) is 6.54 Å². The number of aromatic nitrogens is 1. The van der Waals surface area contributed by atoms with Crippen molar-refractivity contribution in [2.45, 2.75) is 19.6 Å². The summed E-state index contributed by atoms with van der Waals surface area (Å²) in [7, 11) is 0. The van der Waals surface area contributed by atoms with Crippen molar-refractivity contribution < 1.29 is 13.2 Å². The third-order valence-corrected chi connectivity index (χ3v) is 3.02. The number of rotatable bonds is 6. The molecule has 3 nitrogen and oxygen atoms in total. The molecule has 0 amide bonds. The van der Waals surface area contributed by atoms with Crippen LogP contribution in [0.4, 0.5) is 13.2 Å². The van der Waals surface area contributed by atoms with Crippen LogP contribution >= 0.6 is 12.2 Å². The van der Waals surface area contributed by atoms with Crippen LogP contribution in [0.15, 0.2) is 24.4 Å². The lowest BCUT2D eigenvalue weighted by Gasteiger charge is -2.27. The van der Waals surface area contributed by atoms with Crippen molar-refractivity contribution in [2.24, 2.45) is 11.7 Å². The maximum Gasteiger partial charge on any atom is 0.399 e. The van der Waals surface area contributed by atoms with E-state index in [1.165, 1.54) is 0 Å². The van der Waals surface area contributed by atoms with E-state index in [1.807, 2.05) is 0 Å². The molecule has 1 heterocycles. The van der Waals surface area contributed by atoms with Crippen molar-refractivity contribution in [3.8, 4) is 0 Å². The van der Waals surface area contributed by atoms with Crippen LogP contribution in [0.1, 0.15) is 12.6 Å². The first kappa shape index (κ1) is 15.8. The predicted octanol–water partition coefficient (Wildman–Crippen LogP) is 2.37. The van der Waals surface area contributed by atoms with E-state index < -0.39 is 17.1 Å². The van der Waals surface area contributed by atoms with E-state index >= 15 is 0 Å². The van der Waals surface area contributed by atoms with Crippen molar-refractivity contribution in [1.29, 1.82) is 0 Å². The summed E-state index contributed by atoms with van der Waals surface area (Å²) in [5.74, 6) is -1.79. The fourth-order valence-electron chi connectivity index (χ4n) is 1.64. The van der Waals surface area contributed by atoms with Crippen LogP contribution in [-0.2, 0) is 6.54 Å². The number of hydrogen-bond donors (Lipinski definition) is 1. The number of alkyl halides is 3. The van der Waals surface area contributed by atoms with Gasteiger partial charge < -0.3 is 5.73 Å². The molecule has 0 bridgehead atoms. The van der Waals surface area contributed by atoms with Gasteiger partial charge in [-0.25, -0.2) is 0 Å². The topological polar surface area (TPSA) is 42.2 Å². The van der Waals surface area contributed by atoms with Gasteiger partial charge in [-0.3, -0.25) is 9.88 Å². The van der Waals surface area contributed by atoms with Gasteiger partial charge in [-0.05, 0) is 18.7 Å². The maximum atomic E-state index is 12.8. The van der Waals surface area contributed by atoms with Gasteiger partial charge >= 0.3 is 6.18 Å². The second-order valence-corrected chi connectivity index (χ2v) is 4.62. The predicted molar refractivity (Wildman–Crippen MR) is 71.5 cm³/mol. The van der Waals surface area contributed by atoms with Crippen molar-refractivity contribution in [2.75, 3.05) is 13.1 Å². The molecule has 19 heavy (non-hydrogen) atoms. The van der Waals surface area contributed by atoms with Gasteiger partial charge in [0, 0.05) is 19.3 Å². The fourth-order valence-corrected chi connectivity index (χ4v) is 1.85. The Balaban J connectivity index is 2.73. The molecule has 0 saturated carbocycles. The van der Waals surface area contributed by atoms with Crippen LogP contribution in [0.3, 0.4) is 0 Å². The normalized spacial score (nSPS) is 13.5. The number of nitrogens with zero attached hydrogens (tertiary/aromatic N) is 2. The zero-order chi connectivity index (χ0) is 14.5. The van der Waals surface area contributed by atoms with Crippen molar-refractivity contribution in [3.63, 3.8) is 0 Å². The van der Waals surface area contributed by atoms with Gasteiger partial charge in [0.2, 0.25) is 0 Å². The first-order chi connectivity index (χ1) is 8.84. The summed E-state index contributed by atoms with van der Waals surface area (Å²) >= 11 is 4.51. The Bertz CT molecular complexity index is 408. The Morgan fingerprint density at radius 2 is 2.16 bits per heavy atom. The van der Waals surface area contributed by atoms with E-state index in [2.05, 4.69) is 17.2 Å². The molecule has 1 unspecified atom stereocenters. The molecule has 0 aliphatic rings. The SMILES string of the molecule is CCN(Cc1ccccn1)CC(C(N)=S)C(F)(F)F. The minimum absolute atomic E-state index is 0.244. The second-order valence-electron chi connectivity index (χ2n) is 4.15. The molecule has 1 rings (SSSR count). The van der Waals surface area contributed by atoms with Crippen LogP contribution < -0.4 is 5.73 Å². The number of nitrogens with two attached hydrogens (primary N) is 1. The smallest absolute Gasteiger partial charge is 0.393 e. The highest BCUT2D eigenvalue weighted by Gasteiger charge is 2.42. The lowest BCUT2D eigenvalue weighted by molar-refractivity contribution is -0.159. The zero-order valence-electron chi connectivity index (χ0n) is 10.5. The standard InChI is InChI=1S/C12H16F3N3S/c1-2-18(7-9-5-3-4-6-17-9)8-10(11(16)19)12(13,14)15/h3-6,10H,2,7-8H2,1H3,(H2,16,19). The largest absolute Gasteiger partial charge is 0.399 e. The molecule has 0 spiro atoms. The first-order valence-electron chi connectivity index (χ1n) is 5.83. The molecule has 1 aromatic rings. The monoisotopic (exact) mass is 291 g/mol. The van der Waals surface area contributed by atoms with Gasteiger partial charge in [-0.1, -0.05) is 25.2 Å². The molecule has 7 heteroatoms. The summed E-state index contributed by atoms with van der Waals surface area (Å²) in [6.45, 7) is 2.35. The number of thiocarbonyl (C=S) groups is 1. The number of pyridine rings is 1. The third kappa shape index (κ3) is 5.12.